The van der Waals surface area contributed by atoms with Crippen molar-refractivity contribution >= 4 is 6.29 Å². The molecule has 1 aromatic carbocycles. The quantitative estimate of drug-likeness (QED) is 0.502. The van der Waals surface area contributed by atoms with Crippen molar-refractivity contribution in [3.63, 3.8) is 0 Å². The molecule has 2 rings (SSSR count). The van der Waals surface area contributed by atoms with Gasteiger partial charge in [0.05, 0.1) is 18.1 Å². The molecule has 0 saturated heterocycles. The smallest absolute Gasteiger partial charge is 0.193 e. The van der Waals surface area contributed by atoms with E-state index < -0.39 is 0 Å². The summed E-state index contributed by atoms with van der Waals surface area (Å²) >= 11 is 0. The van der Waals surface area contributed by atoms with Gasteiger partial charge in [-0.05, 0) is 30.2 Å². The molecule has 15 heavy (non-hydrogen) atoms. The van der Waals surface area contributed by atoms with Crippen LogP contribution in [0.25, 0.3) is 5.69 Å². The van der Waals surface area contributed by atoms with Gasteiger partial charge in [-0.15, -0.1) is 5.10 Å². The van der Waals surface area contributed by atoms with Crippen molar-refractivity contribution < 1.29 is 4.79 Å². The first-order valence-corrected chi connectivity index (χ1v) is 4.32. The standard InChI is InChI=1S/C11H7N3O/c15-9-1-2-10-3-5-11(6-4-10)14-8-7-12-13-14/h3-9H. The number of carbonyl (C=O) groups excluding carboxylic acids is 1. The third-order valence-electron chi connectivity index (χ3n) is 1.83. The molecule has 0 saturated carbocycles. The third-order valence-corrected chi connectivity index (χ3v) is 1.83. The second-order valence-corrected chi connectivity index (χ2v) is 2.78. The van der Waals surface area contributed by atoms with Crippen molar-refractivity contribution in [2.24, 2.45) is 0 Å². The number of hydrogen-bond donors (Lipinski definition) is 0. The van der Waals surface area contributed by atoms with E-state index >= 15 is 0 Å². The molecule has 0 amide bonds. The Hall–Kier alpha value is -2.41. The molecule has 0 N–H and O–H groups in total. The number of hydrogen-bond acceptors (Lipinski definition) is 3. The van der Waals surface area contributed by atoms with E-state index in [1.807, 2.05) is 24.3 Å². The predicted molar refractivity (Wildman–Crippen MR) is 54.3 cm³/mol. The molecule has 0 aliphatic heterocycles. The number of aldehydes is 1. The number of carbonyl (C=O) groups is 1. The molecule has 2 aromatic rings. The lowest BCUT2D eigenvalue weighted by atomic mass is 10.2. The Balaban J connectivity index is 2.28. The highest BCUT2D eigenvalue weighted by molar-refractivity contribution is 5.73. The summed E-state index contributed by atoms with van der Waals surface area (Å²) in [6, 6.07) is 7.38. The molecule has 0 unspecified atom stereocenters. The highest BCUT2D eigenvalue weighted by Crippen LogP contribution is 2.06. The molecule has 4 heteroatoms. The van der Waals surface area contributed by atoms with Crippen LogP contribution in [-0.4, -0.2) is 21.3 Å². The van der Waals surface area contributed by atoms with Crippen LogP contribution < -0.4 is 0 Å². The second-order valence-electron chi connectivity index (χ2n) is 2.78. The van der Waals surface area contributed by atoms with E-state index in [4.69, 9.17) is 0 Å². The minimum absolute atomic E-state index is 0.575. The van der Waals surface area contributed by atoms with Crippen LogP contribution in [0.2, 0.25) is 0 Å². The van der Waals surface area contributed by atoms with Crippen LogP contribution in [0.4, 0.5) is 0 Å². The number of nitrogens with zero attached hydrogens (tertiary/aromatic N) is 3. The first kappa shape index (κ1) is 9.16. The van der Waals surface area contributed by atoms with Gasteiger partial charge < -0.3 is 0 Å². The molecule has 4 nitrogen and oxygen atoms in total. The summed E-state index contributed by atoms with van der Waals surface area (Å²) in [5, 5.41) is 7.56. The van der Waals surface area contributed by atoms with E-state index in [-0.39, 0.29) is 0 Å². The average Bonchev–Trinajstić information content (AvgIpc) is 2.80. The lowest BCUT2D eigenvalue weighted by Crippen LogP contribution is -1.94. The maximum absolute atomic E-state index is 10.0. The maximum Gasteiger partial charge on any atom is 0.193 e. The van der Waals surface area contributed by atoms with Crippen LogP contribution in [0.3, 0.4) is 0 Å². The van der Waals surface area contributed by atoms with Crippen molar-refractivity contribution in [3.8, 4) is 17.5 Å². The fraction of sp³-hybridized carbons (Fsp3) is 0. The van der Waals surface area contributed by atoms with Gasteiger partial charge in [0.2, 0.25) is 0 Å². The summed E-state index contributed by atoms with van der Waals surface area (Å²) < 4.78 is 1.65. The van der Waals surface area contributed by atoms with E-state index in [2.05, 4.69) is 22.2 Å². The molecule has 0 radical (unpaired) electrons. The van der Waals surface area contributed by atoms with E-state index in [1.165, 1.54) is 0 Å². The fourth-order valence-electron chi connectivity index (χ4n) is 1.16. The number of benzene rings is 1. The van der Waals surface area contributed by atoms with Gasteiger partial charge in [-0.3, -0.25) is 4.79 Å². The van der Waals surface area contributed by atoms with Crippen LogP contribution in [0.1, 0.15) is 5.56 Å². The predicted octanol–water partition coefficient (Wildman–Crippen LogP) is 0.818. The van der Waals surface area contributed by atoms with Crippen molar-refractivity contribution in [3.05, 3.63) is 42.2 Å². The van der Waals surface area contributed by atoms with Crippen molar-refractivity contribution in [1.82, 2.24) is 15.0 Å². The Kier molecular flexibility index (Phi) is 2.56. The van der Waals surface area contributed by atoms with Crippen LogP contribution in [0, 0.1) is 11.8 Å². The minimum atomic E-state index is 0.575. The van der Waals surface area contributed by atoms with E-state index in [1.54, 1.807) is 17.1 Å². The van der Waals surface area contributed by atoms with Crippen molar-refractivity contribution in [2.45, 2.75) is 0 Å². The average molecular weight is 197 g/mol. The van der Waals surface area contributed by atoms with Crippen molar-refractivity contribution in [1.29, 1.82) is 0 Å². The largest absolute Gasteiger partial charge is 0.289 e. The molecule has 0 atom stereocenters. The van der Waals surface area contributed by atoms with Gasteiger partial charge in [0.25, 0.3) is 0 Å². The zero-order chi connectivity index (χ0) is 10.5. The summed E-state index contributed by atoms with van der Waals surface area (Å²) in [6.45, 7) is 0. The Morgan fingerprint density at radius 3 is 2.67 bits per heavy atom. The van der Waals surface area contributed by atoms with Gasteiger partial charge >= 0.3 is 0 Å². The second kappa shape index (κ2) is 4.20. The Morgan fingerprint density at radius 2 is 2.07 bits per heavy atom. The molecule has 0 bridgehead atoms. The number of aromatic nitrogens is 3. The highest BCUT2D eigenvalue weighted by atomic mass is 16.1. The summed E-state index contributed by atoms with van der Waals surface area (Å²) in [7, 11) is 0. The van der Waals surface area contributed by atoms with Gasteiger partial charge in [-0.1, -0.05) is 11.1 Å². The lowest BCUT2D eigenvalue weighted by molar-refractivity contribution is -0.103. The maximum atomic E-state index is 10.0. The van der Waals surface area contributed by atoms with Crippen LogP contribution in [-0.2, 0) is 4.79 Å². The Morgan fingerprint density at radius 1 is 1.27 bits per heavy atom. The monoisotopic (exact) mass is 197 g/mol. The van der Waals surface area contributed by atoms with Gasteiger partial charge in [0, 0.05) is 5.56 Å². The lowest BCUT2D eigenvalue weighted by Gasteiger charge is -1.98. The van der Waals surface area contributed by atoms with Crippen LogP contribution >= 0.6 is 0 Å². The molecule has 0 spiro atoms. The Bertz CT molecular complexity index is 503. The first-order chi connectivity index (χ1) is 7.40. The fourth-order valence-corrected chi connectivity index (χ4v) is 1.16. The number of rotatable bonds is 1. The summed E-state index contributed by atoms with van der Waals surface area (Å²) in [6.07, 6.45) is 3.94. The van der Waals surface area contributed by atoms with Gasteiger partial charge in [0.15, 0.2) is 6.29 Å². The van der Waals surface area contributed by atoms with Gasteiger partial charge in [-0.25, -0.2) is 4.68 Å². The third kappa shape index (κ3) is 2.09. The zero-order valence-corrected chi connectivity index (χ0v) is 7.79. The molecule has 0 fully saturated rings. The van der Waals surface area contributed by atoms with Crippen molar-refractivity contribution in [2.75, 3.05) is 0 Å². The molecule has 0 aliphatic carbocycles. The highest BCUT2D eigenvalue weighted by Gasteiger charge is 1.95. The first-order valence-electron chi connectivity index (χ1n) is 4.32. The Labute approximate surface area is 86.5 Å². The zero-order valence-electron chi connectivity index (χ0n) is 7.79. The molecule has 1 heterocycles. The van der Waals surface area contributed by atoms with E-state index in [9.17, 15) is 4.79 Å². The summed E-state index contributed by atoms with van der Waals surface area (Å²) in [5.41, 5.74) is 1.70. The summed E-state index contributed by atoms with van der Waals surface area (Å²) in [5.74, 6) is 5.06. The normalized spacial score (nSPS) is 9.07. The van der Waals surface area contributed by atoms with Crippen LogP contribution in [0.15, 0.2) is 36.7 Å². The van der Waals surface area contributed by atoms with Crippen LogP contribution in [0.5, 0.6) is 0 Å². The topological polar surface area (TPSA) is 47.8 Å². The van der Waals surface area contributed by atoms with E-state index in [0.29, 0.717) is 6.29 Å². The molecule has 0 aliphatic rings. The van der Waals surface area contributed by atoms with E-state index in [0.717, 1.165) is 11.3 Å². The SMILES string of the molecule is O=CC#Cc1ccc(-n2ccnn2)cc1. The summed E-state index contributed by atoms with van der Waals surface area (Å²) in [4.78, 5) is 10.0. The van der Waals surface area contributed by atoms with Gasteiger partial charge in [-0.2, -0.15) is 0 Å². The molecular weight excluding hydrogens is 190 g/mol. The minimum Gasteiger partial charge on any atom is -0.289 e. The molecular formula is C11H7N3O. The molecule has 72 valence electrons. The molecule has 1 aromatic heterocycles. The van der Waals surface area contributed by atoms with Gasteiger partial charge in [0.1, 0.15) is 0 Å².